The molecule has 3 N–H and O–H groups in total. The van der Waals surface area contributed by atoms with Crippen LogP contribution in [-0.2, 0) is 9.59 Å². The van der Waals surface area contributed by atoms with E-state index in [-0.39, 0.29) is 23.9 Å². The van der Waals surface area contributed by atoms with Crippen LogP contribution in [0.25, 0.3) is 33.6 Å². The normalized spacial score (nSPS) is 19.7. The van der Waals surface area contributed by atoms with Gasteiger partial charge in [-0.3, -0.25) is 19.4 Å². The summed E-state index contributed by atoms with van der Waals surface area (Å²) in [6.45, 7) is 5.61. The lowest BCUT2D eigenvalue weighted by Gasteiger charge is -2.33. The molecular weight excluding hydrogens is 707 g/mol. The third-order valence-corrected chi connectivity index (χ3v) is 11.6. The predicted octanol–water partition coefficient (Wildman–Crippen LogP) is 6.06. The lowest BCUT2D eigenvalue weighted by Crippen LogP contribution is -2.48. The summed E-state index contributed by atoms with van der Waals surface area (Å²) in [5.74, 6) is 1.47. The fourth-order valence-corrected chi connectivity index (χ4v) is 8.38. The smallest absolute Gasteiger partial charge is 0.407 e. The van der Waals surface area contributed by atoms with Crippen LogP contribution in [0.15, 0.2) is 91.3 Å². The summed E-state index contributed by atoms with van der Waals surface area (Å²) in [5, 5.41) is 9.79. The number of amides is 3. The highest BCUT2D eigenvalue weighted by Gasteiger charge is 2.39. The fraction of sp³-hybridized carbons (Fsp3) is 0.372. The molecule has 5 heterocycles. The molecule has 290 valence electrons. The first kappa shape index (κ1) is 37.1. The van der Waals surface area contributed by atoms with Crippen molar-refractivity contribution in [3.8, 4) is 33.6 Å². The Kier molecular flexibility index (Phi) is 10.7. The number of H-pyrrole nitrogens is 2. The molecule has 0 spiro atoms. The zero-order valence-electron chi connectivity index (χ0n) is 32.0. The third kappa shape index (κ3) is 7.69. The first-order chi connectivity index (χ1) is 27.2. The summed E-state index contributed by atoms with van der Waals surface area (Å²) in [6, 6.07) is 24.5. The number of carbonyl (C=O) groups is 3. The predicted molar refractivity (Wildman–Crippen MR) is 213 cm³/mol. The molecule has 0 aliphatic carbocycles. The van der Waals surface area contributed by atoms with Gasteiger partial charge in [-0.15, -0.1) is 0 Å². The van der Waals surface area contributed by atoms with Gasteiger partial charge in [0.05, 0.1) is 42.4 Å². The van der Waals surface area contributed by atoms with E-state index >= 15 is 0 Å². The highest BCUT2D eigenvalue weighted by atomic mass is 16.4. The van der Waals surface area contributed by atoms with Crippen LogP contribution < -0.4 is 0 Å². The molecule has 5 aromatic rings. The van der Waals surface area contributed by atoms with E-state index in [4.69, 9.17) is 9.97 Å². The third-order valence-electron chi connectivity index (χ3n) is 11.6. The summed E-state index contributed by atoms with van der Waals surface area (Å²) in [5.41, 5.74) is 6.58. The van der Waals surface area contributed by atoms with Crippen molar-refractivity contribution in [3.63, 3.8) is 0 Å². The van der Waals surface area contributed by atoms with Gasteiger partial charge in [0.2, 0.25) is 5.91 Å². The SMILES string of the molecule is CN1CCN(CC(=O)N2CCC[C@H]2c2ncc(-c3ccc(-c4ccc(-c5cnc([C@@H]6CCCN6C(=O)[C@@H](c6ccccc6)N(C)C(=O)O)[nH]5)cc4)cc3)[nH]2)CC1. The number of hydrogen-bond acceptors (Lipinski definition) is 7. The van der Waals surface area contributed by atoms with Crippen LogP contribution in [0.4, 0.5) is 4.79 Å². The summed E-state index contributed by atoms with van der Waals surface area (Å²) in [4.78, 5) is 65.0. The minimum absolute atomic E-state index is 0.0233. The minimum Gasteiger partial charge on any atom is -0.465 e. The van der Waals surface area contributed by atoms with Gasteiger partial charge < -0.3 is 29.8 Å². The minimum atomic E-state index is -1.16. The first-order valence-corrected chi connectivity index (χ1v) is 19.6. The average molecular weight is 756 g/mol. The number of carbonyl (C=O) groups excluding carboxylic acids is 2. The van der Waals surface area contributed by atoms with Crippen LogP contribution in [0.2, 0.25) is 0 Å². The second-order valence-corrected chi connectivity index (χ2v) is 15.2. The molecule has 3 atom stereocenters. The highest BCUT2D eigenvalue weighted by Crippen LogP contribution is 2.36. The molecule has 3 amide bonds. The molecule has 2 aromatic heterocycles. The van der Waals surface area contributed by atoms with E-state index in [2.05, 4.69) is 75.3 Å². The molecule has 13 nitrogen and oxygen atoms in total. The molecule has 0 radical (unpaired) electrons. The number of nitrogens with zero attached hydrogens (tertiary/aromatic N) is 7. The first-order valence-electron chi connectivity index (χ1n) is 19.6. The van der Waals surface area contributed by atoms with E-state index in [0.29, 0.717) is 24.5 Å². The van der Waals surface area contributed by atoms with Crippen LogP contribution >= 0.6 is 0 Å². The summed E-state index contributed by atoms with van der Waals surface area (Å²) < 4.78 is 0. The van der Waals surface area contributed by atoms with Crippen molar-refractivity contribution in [1.29, 1.82) is 0 Å². The molecule has 0 saturated carbocycles. The monoisotopic (exact) mass is 755 g/mol. The molecule has 3 aromatic carbocycles. The maximum atomic E-state index is 13.9. The highest BCUT2D eigenvalue weighted by molar-refractivity contribution is 5.87. The molecular formula is C43H49N9O4. The molecule has 8 rings (SSSR count). The maximum absolute atomic E-state index is 13.9. The number of likely N-dealkylation sites (N-methyl/N-ethyl adjacent to an activating group) is 2. The standard InChI is InChI=1S/C43H49N9O4/c1-48-22-24-50(25-23-48)28-38(53)51-20-6-10-36(51)40-44-26-34(46-40)31-16-12-29(13-17-31)30-14-18-32(19-15-30)35-27-45-41(47-35)37-11-7-21-52(37)42(54)39(49(2)43(55)56)33-8-4-3-5-9-33/h3-5,8-9,12-19,26-27,36-37,39H,6-7,10-11,20-25,28H2,1-2H3,(H,44,46)(H,45,47)(H,55,56)/t36-,37-,39+/m0/s1. The van der Waals surface area contributed by atoms with Crippen molar-refractivity contribution in [2.75, 3.05) is 59.9 Å². The lowest BCUT2D eigenvalue weighted by atomic mass is 10.0. The number of nitrogens with one attached hydrogen (secondary N) is 2. The summed E-state index contributed by atoms with van der Waals surface area (Å²) in [6.07, 6.45) is 5.94. The van der Waals surface area contributed by atoms with E-state index in [1.54, 1.807) is 23.2 Å². The van der Waals surface area contributed by atoms with Crippen LogP contribution in [0, 0.1) is 0 Å². The number of imidazole rings is 2. The number of likely N-dealkylation sites (tertiary alicyclic amines) is 2. The van der Waals surface area contributed by atoms with Crippen LogP contribution in [0.3, 0.4) is 0 Å². The fourth-order valence-electron chi connectivity index (χ4n) is 8.38. The van der Waals surface area contributed by atoms with E-state index in [9.17, 15) is 19.5 Å². The molecule has 3 aliphatic rings. The number of carboxylic acid groups (broad SMARTS) is 1. The Morgan fingerprint density at radius 2 is 1.21 bits per heavy atom. The topological polar surface area (TPSA) is 145 Å². The van der Waals surface area contributed by atoms with Gasteiger partial charge in [-0.25, -0.2) is 14.8 Å². The average Bonchev–Trinajstić information content (AvgIpc) is 4.06. The maximum Gasteiger partial charge on any atom is 0.407 e. The number of benzene rings is 3. The summed E-state index contributed by atoms with van der Waals surface area (Å²) >= 11 is 0. The Hall–Kier alpha value is -5.79. The molecule has 0 bridgehead atoms. The molecule has 13 heteroatoms. The van der Waals surface area contributed by atoms with Crippen molar-refractivity contribution in [2.45, 2.75) is 43.8 Å². The molecule has 3 fully saturated rings. The largest absolute Gasteiger partial charge is 0.465 e. The summed E-state index contributed by atoms with van der Waals surface area (Å²) in [7, 11) is 3.56. The number of hydrogen-bond donors (Lipinski definition) is 3. The van der Waals surface area contributed by atoms with Crippen molar-refractivity contribution in [2.24, 2.45) is 0 Å². The van der Waals surface area contributed by atoms with Gasteiger partial charge >= 0.3 is 6.09 Å². The molecule has 3 aliphatic heterocycles. The number of aromatic amines is 2. The van der Waals surface area contributed by atoms with E-state index < -0.39 is 12.1 Å². The Morgan fingerprint density at radius 1 is 0.714 bits per heavy atom. The van der Waals surface area contributed by atoms with Gasteiger partial charge in [0.25, 0.3) is 5.91 Å². The van der Waals surface area contributed by atoms with E-state index in [0.717, 1.165) is 103 Å². The quantitative estimate of drug-likeness (QED) is 0.156. The Balaban J connectivity index is 0.912. The van der Waals surface area contributed by atoms with Gasteiger partial charge in [0, 0.05) is 46.3 Å². The van der Waals surface area contributed by atoms with Gasteiger partial charge in [0.1, 0.15) is 17.7 Å². The Labute approximate surface area is 327 Å². The molecule has 3 saturated heterocycles. The van der Waals surface area contributed by atoms with Gasteiger partial charge in [-0.05, 0) is 60.5 Å². The van der Waals surface area contributed by atoms with Crippen molar-refractivity contribution >= 4 is 17.9 Å². The lowest BCUT2D eigenvalue weighted by molar-refractivity contribution is -0.137. The Morgan fingerprint density at radius 3 is 1.75 bits per heavy atom. The van der Waals surface area contributed by atoms with Crippen molar-refractivity contribution in [3.05, 3.63) is 108 Å². The van der Waals surface area contributed by atoms with Crippen LogP contribution in [0.5, 0.6) is 0 Å². The number of aromatic nitrogens is 4. The van der Waals surface area contributed by atoms with Crippen molar-refractivity contribution < 1.29 is 19.5 Å². The number of rotatable bonds is 10. The second kappa shape index (κ2) is 16.1. The van der Waals surface area contributed by atoms with E-state index in [1.807, 2.05) is 29.3 Å². The van der Waals surface area contributed by atoms with Crippen molar-refractivity contribution in [1.82, 2.24) is 44.4 Å². The molecule has 56 heavy (non-hydrogen) atoms. The van der Waals surface area contributed by atoms with Crippen LogP contribution in [0.1, 0.15) is 61.0 Å². The van der Waals surface area contributed by atoms with Gasteiger partial charge in [-0.2, -0.15) is 0 Å². The Bertz CT molecular complexity index is 2140. The number of piperazine rings is 1. The molecule has 0 unspecified atom stereocenters. The van der Waals surface area contributed by atoms with Gasteiger partial charge in [-0.1, -0.05) is 78.9 Å². The van der Waals surface area contributed by atoms with Crippen LogP contribution in [-0.4, -0.2) is 127 Å². The van der Waals surface area contributed by atoms with E-state index in [1.165, 1.54) is 7.05 Å². The zero-order valence-corrected chi connectivity index (χ0v) is 32.0. The second-order valence-electron chi connectivity index (χ2n) is 15.2. The van der Waals surface area contributed by atoms with Gasteiger partial charge in [0.15, 0.2) is 0 Å². The zero-order chi connectivity index (χ0) is 38.8.